The van der Waals surface area contributed by atoms with E-state index in [1.165, 1.54) is 11.3 Å². The van der Waals surface area contributed by atoms with Gasteiger partial charge in [0.15, 0.2) is 5.96 Å². The number of hydrogen-bond donors (Lipinski definition) is 2. The number of aliphatic hydroxyl groups is 1. The average molecular weight is 283 g/mol. The minimum Gasteiger partial charge on any atom is -0.383 e. The maximum Gasteiger partial charge on any atom is 0.191 e. The van der Waals surface area contributed by atoms with E-state index in [9.17, 15) is 5.11 Å². The summed E-state index contributed by atoms with van der Waals surface area (Å²) in [6.07, 6.45) is 0.167. The predicted molar refractivity (Wildman–Crippen MR) is 77.4 cm³/mol. The van der Waals surface area contributed by atoms with Crippen molar-refractivity contribution in [3.63, 3.8) is 0 Å². The fraction of sp³-hybridized carbons (Fsp3) is 0.615. The number of thiophene rings is 1. The monoisotopic (exact) mass is 283 g/mol. The fourth-order valence-corrected chi connectivity index (χ4v) is 2.80. The van der Waals surface area contributed by atoms with E-state index < -0.39 is 5.60 Å². The van der Waals surface area contributed by atoms with Gasteiger partial charge >= 0.3 is 0 Å². The number of morpholine rings is 1. The number of guanidine groups is 1. The molecule has 5 nitrogen and oxygen atoms in total. The van der Waals surface area contributed by atoms with Crippen LogP contribution >= 0.6 is 11.3 Å². The lowest BCUT2D eigenvalue weighted by atomic mass is 10.1. The molecule has 106 valence electrons. The summed E-state index contributed by atoms with van der Waals surface area (Å²) in [5.74, 6) is 0.479. The van der Waals surface area contributed by atoms with Gasteiger partial charge in [0.25, 0.3) is 0 Å². The van der Waals surface area contributed by atoms with Crippen LogP contribution in [0.15, 0.2) is 22.5 Å². The molecule has 6 heteroatoms. The van der Waals surface area contributed by atoms with Gasteiger partial charge in [-0.3, -0.25) is 0 Å². The predicted octanol–water partition coefficient (Wildman–Crippen LogP) is 0.991. The van der Waals surface area contributed by atoms with Gasteiger partial charge in [-0.15, -0.1) is 11.3 Å². The molecule has 2 rings (SSSR count). The van der Waals surface area contributed by atoms with Gasteiger partial charge in [-0.05, 0) is 25.3 Å². The Labute approximate surface area is 117 Å². The van der Waals surface area contributed by atoms with Crippen LogP contribution in [0.5, 0.6) is 0 Å². The van der Waals surface area contributed by atoms with Gasteiger partial charge in [0.2, 0.25) is 0 Å². The molecule has 0 amide bonds. The molecule has 0 radical (unpaired) electrons. The summed E-state index contributed by atoms with van der Waals surface area (Å²) >= 11 is 1.52. The molecule has 3 N–H and O–H groups in total. The molecule has 1 fully saturated rings. The third-order valence-corrected chi connectivity index (χ3v) is 4.29. The fourth-order valence-electron chi connectivity index (χ4n) is 2.02. The van der Waals surface area contributed by atoms with Crippen molar-refractivity contribution in [2.24, 2.45) is 10.7 Å². The summed E-state index contributed by atoms with van der Waals surface area (Å²) in [7, 11) is 0. The zero-order valence-electron chi connectivity index (χ0n) is 11.4. The minimum absolute atomic E-state index is 0.167. The molecule has 1 aromatic heterocycles. The lowest BCUT2D eigenvalue weighted by Crippen LogP contribution is -2.48. The molecule has 0 aliphatic carbocycles. The Hall–Kier alpha value is -1.11. The van der Waals surface area contributed by atoms with E-state index in [-0.39, 0.29) is 12.6 Å². The van der Waals surface area contributed by atoms with Crippen LogP contribution in [0.4, 0.5) is 0 Å². The van der Waals surface area contributed by atoms with Gasteiger partial charge in [-0.25, -0.2) is 4.99 Å². The van der Waals surface area contributed by atoms with Crippen LogP contribution in [0.1, 0.15) is 18.7 Å². The SMILES string of the molecule is CC1CN(C(N)=NCC(C)(O)c2cccs2)CCO1. The molecule has 0 aromatic carbocycles. The first-order chi connectivity index (χ1) is 8.99. The molecule has 1 saturated heterocycles. The molecule has 1 aliphatic heterocycles. The van der Waals surface area contributed by atoms with Crippen molar-refractivity contribution in [2.45, 2.75) is 25.6 Å². The summed E-state index contributed by atoms with van der Waals surface area (Å²) in [6.45, 7) is 6.21. The second-order valence-electron chi connectivity index (χ2n) is 5.05. The Morgan fingerprint density at radius 2 is 2.53 bits per heavy atom. The highest BCUT2D eigenvalue weighted by molar-refractivity contribution is 7.10. The molecule has 2 heterocycles. The highest BCUT2D eigenvalue weighted by Gasteiger charge is 2.25. The molecule has 1 aromatic rings. The van der Waals surface area contributed by atoms with Crippen LogP contribution in [0.3, 0.4) is 0 Å². The van der Waals surface area contributed by atoms with Crippen LogP contribution in [0.2, 0.25) is 0 Å². The molecule has 19 heavy (non-hydrogen) atoms. The Morgan fingerprint density at radius 1 is 1.74 bits per heavy atom. The molecular weight excluding hydrogens is 262 g/mol. The first-order valence-electron chi connectivity index (χ1n) is 6.42. The van der Waals surface area contributed by atoms with Gasteiger partial charge in [0.1, 0.15) is 5.60 Å². The third-order valence-electron chi connectivity index (χ3n) is 3.17. The lowest BCUT2D eigenvalue weighted by molar-refractivity contribution is 0.00500. The van der Waals surface area contributed by atoms with Crippen molar-refractivity contribution in [1.82, 2.24) is 4.90 Å². The lowest BCUT2D eigenvalue weighted by Gasteiger charge is -2.32. The third kappa shape index (κ3) is 3.68. The highest BCUT2D eigenvalue weighted by Crippen LogP contribution is 2.25. The van der Waals surface area contributed by atoms with Gasteiger partial charge in [0.05, 0.1) is 19.3 Å². The molecule has 0 saturated carbocycles. The van der Waals surface area contributed by atoms with Crippen molar-refractivity contribution in [2.75, 3.05) is 26.2 Å². The molecule has 2 atom stereocenters. The zero-order chi connectivity index (χ0) is 13.9. The summed E-state index contributed by atoms with van der Waals surface area (Å²) in [5.41, 5.74) is 5.02. The molecular formula is C13H21N3O2S. The number of hydrogen-bond acceptors (Lipinski definition) is 4. The number of rotatable bonds is 3. The summed E-state index contributed by atoms with van der Waals surface area (Å²) in [5, 5.41) is 12.3. The smallest absolute Gasteiger partial charge is 0.191 e. The van der Waals surface area contributed by atoms with Crippen molar-refractivity contribution in [1.29, 1.82) is 0 Å². The summed E-state index contributed by atoms with van der Waals surface area (Å²) in [4.78, 5) is 7.23. The van der Waals surface area contributed by atoms with Crippen molar-refractivity contribution in [3.05, 3.63) is 22.4 Å². The van der Waals surface area contributed by atoms with Crippen LogP contribution < -0.4 is 5.73 Å². The Morgan fingerprint density at radius 3 is 3.16 bits per heavy atom. The molecule has 0 spiro atoms. The Balaban J connectivity index is 1.97. The Bertz CT molecular complexity index is 431. The van der Waals surface area contributed by atoms with Gasteiger partial charge in [-0.2, -0.15) is 0 Å². The normalized spacial score (nSPS) is 24.3. The quantitative estimate of drug-likeness (QED) is 0.641. The number of nitrogens with zero attached hydrogens (tertiary/aromatic N) is 2. The first kappa shape index (κ1) is 14.3. The zero-order valence-corrected chi connectivity index (χ0v) is 12.2. The summed E-state index contributed by atoms with van der Waals surface area (Å²) in [6, 6.07) is 3.83. The van der Waals surface area contributed by atoms with E-state index in [1.54, 1.807) is 6.92 Å². The van der Waals surface area contributed by atoms with Crippen molar-refractivity contribution < 1.29 is 9.84 Å². The average Bonchev–Trinajstić information content (AvgIpc) is 2.90. The topological polar surface area (TPSA) is 71.1 Å². The van der Waals surface area contributed by atoms with Crippen LogP contribution in [-0.4, -0.2) is 48.3 Å². The second-order valence-corrected chi connectivity index (χ2v) is 6.00. The molecule has 0 bridgehead atoms. The van der Waals surface area contributed by atoms with E-state index in [2.05, 4.69) is 4.99 Å². The van der Waals surface area contributed by atoms with Crippen LogP contribution in [0, 0.1) is 0 Å². The van der Waals surface area contributed by atoms with Crippen molar-refractivity contribution in [3.8, 4) is 0 Å². The number of aliphatic imine (C=N–C) groups is 1. The van der Waals surface area contributed by atoms with E-state index in [1.807, 2.05) is 29.3 Å². The van der Waals surface area contributed by atoms with Crippen LogP contribution in [0.25, 0.3) is 0 Å². The standard InChI is InChI=1S/C13H21N3O2S/c1-10-8-16(5-6-18-10)12(14)15-9-13(2,17)11-4-3-7-19-11/h3-4,7,10,17H,5-6,8-9H2,1-2H3,(H2,14,15). The second kappa shape index (κ2) is 5.90. The number of ether oxygens (including phenoxy) is 1. The minimum atomic E-state index is -0.962. The van der Waals surface area contributed by atoms with Gasteiger partial charge in [0, 0.05) is 18.0 Å². The maximum absolute atomic E-state index is 10.4. The van der Waals surface area contributed by atoms with E-state index in [4.69, 9.17) is 10.5 Å². The molecule has 1 aliphatic rings. The first-order valence-corrected chi connectivity index (χ1v) is 7.30. The van der Waals surface area contributed by atoms with Gasteiger partial charge in [-0.1, -0.05) is 6.07 Å². The van der Waals surface area contributed by atoms with Crippen molar-refractivity contribution >= 4 is 17.3 Å². The van der Waals surface area contributed by atoms with Gasteiger partial charge < -0.3 is 20.5 Å². The largest absolute Gasteiger partial charge is 0.383 e. The highest BCUT2D eigenvalue weighted by atomic mass is 32.1. The van der Waals surface area contributed by atoms with E-state index >= 15 is 0 Å². The number of nitrogens with two attached hydrogens (primary N) is 1. The van der Waals surface area contributed by atoms with E-state index in [0.29, 0.717) is 12.6 Å². The Kier molecular flexibility index (Phi) is 4.44. The molecule has 2 unspecified atom stereocenters. The van der Waals surface area contributed by atoms with Crippen LogP contribution in [-0.2, 0) is 10.3 Å². The maximum atomic E-state index is 10.4. The summed E-state index contributed by atoms with van der Waals surface area (Å²) < 4.78 is 5.46. The van der Waals surface area contributed by atoms with E-state index in [0.717, 1.165) is 18.0 Å².